The summed E-state index contributed by atoms with van der Waals surface area (Å²) in [5.41, 5.74) is 6.37. The Labute approximate surface area is 205 Å². The van der Waals surface area contributed by atoms with Gasteiger partial charge in [0.15, 0.2) is 12.7 Å². The molecule has 3 aromatic rings. The van der Waals surface area contributed by atoms with Crippen LogP contribution in [0.15, 0.2) is 50.7 Å². The summed E-state index contributed by atoms with van der Waals surface area (Å²) in [5, 5.41) is 23.1. The van der Waals surface area contributed by atoms with Crippen LogP contribution >= 0.6 is 23.1 Å². The highest BCUT2D eigenvalue weighted by atomic mass is 32.2. The number of fused-ring (bicyclic) bond motifs is 2. The van der Waals surface area contributed by atoms with E-state index in [1.807, 2.05) is 34.3 Å². The maximum atomic E-state index is 13.0. The maximum absolute atomic E-state index is 13.0. The van der Waals surface area contributed by atoms with Crippen molar-refractivity contribution in [2.75, 3.05) is 18.6 Å². The quantitative estimate of drug-likeness (QED) is 0.165. The van der Waals surface area contributed by atoms with E-state index in [1.54, 1.807) is 11.3 Å². The number of carbonyl (C=O) groups excluding carboxylic acids is 3. The fourth-order valence-corrected chi connectivity index (χ4v) is 6.09. The number of anilines is 1. The van der Waals surface area contributed by atoms with Gasteiger partial charge in [-0.05, 0) is 11.4 Å². The molecule has 180 valence electrons. The van der Waals surface area contributed by atoms with Crippen LogP contribution in [-0.4, -0.2) is 62.8 Å². The van der Waals surface area contributed by atoms with Gasteiger partial charge in [-0.15, -0.1) is 23.1 Å². The molecule has 1 fully saturated rings. The first-order valence-electron chi connectivity index (χ1n) is 10.1. The Bertz CT molecular complexity index is 1410. The minimum atomic E-state index is -1.45. The van der Waals surface area contributed by atoms with Gasteiger partial charge in [-0.3, -0.25) is 14.5 Å². The number of thioether (sulfide) groups is 1. The lowest BCUT2D eigenvalue weighted by molar-refractivity contribution is -0.663. The number of β-lactam (4-membered cyclic amide) rings is 1. The molecule has 2 amide bonds. The fraction of sp³-hybridized carbons (Fsp3) is 0.250. The third-order valence-corrected chi connectivity index (χ3v) is 7.65. The van der Waals surface area contributed by atoms with Crippen LogP contribution in [0.5, 0.6) is 0 Å². The number of thiophene rings is 1. The molecule has 3 N–H and O–H groups in total. The van der Waals surface area contributed by atoms with Gasteiger partial charge in [0.25, 0.3) is 11.8 Å². The van der Waals surface area contributed by atoms with E-state index in [0.29, 0.717) is 11.3 Å². The van der Waals surface area contributed by atoms with E-state index in [2.05, 4.69) is 30.0 Å². The molecule has 0 spiro atoms. The molecule has 2 aliphatic heterocycles. The van der Waals surface area contributed by atoms with Gasteiger partial charge >= 0.3 is 6.01 Å². The molecule has 2 atom stereocenters. The number of hydrogen-bond donors (Lipinski definition) is 2. The Kier molecular flexibility index (Phi) is 5.86. The SMILES string of the molecule is CON=C(C(=O)NC1C(=O)N2C(C(=O)[O-])=C(C[n+]3cccc4sccc43)CS[C@@H]12)c1noc(N)n1. The molecule has 0 saturated carbocycles. The molecule has 5 rings (SSSR count). The van der Waals surface area contributed by atoms with Crippen molar-refractivity contribution in [1.29, 1.82) is 0 Å². The topological polar surface area (TPSA) is 180 Å². The van der Waals surface area contributed by atoms with Gasteiger partial charge in [-0.1, -0.05) is 10.3 Å². The molecular formula is C20H17N7O6S2. The van der Waals surface area contributed by atoms with Crippen LogP contribution in [0.2, 0.25) is 0 Å². The highest BCUT2D eigenvalue weighted by Crippen LogP contribution is 2.40. The van der Waals surface area contributed by atoms with Crippen LogP contribution in [0, 0.1) is 0 Å². The molecule has 13 nitrogen and oxygen atoms in total. The number of carboxylic acid groups (broad SMARTS) is 1. The van der Waals surface area contributed by atoms with E-state index in [9.17, 15) is 19.5 Å². The number of oxime groups is 1. The summed E-state index contributed by atoms with van der Waals surface area (Å²) in [4.78, 5) is 47.4. The van der Waals surface area contributed by atoms with Crippen LogP contribution in [0.1, 0.15) is 5.82 Å². The van der Waals surface area contributed by atoms with Crippen molar-refractivity contribution in [2.24, 2.45) is 5.16 Å². The summed E-state index contributed by atoms with van der Waals surface area (Å²) in [5.74, 6) is -2.74. The van der Waals surface area contributed by atoms with Crippen molar-refractivity contribution in [2.45, 2.75) is 18.0 Å². The minimum Gasteiger partial charge on any atom is -0.543 e. The summed E-state index contributed by atoms with van der Waals surface area (Å²) in [6.45, 7) is 0.280. The molecule has 0 radical (unpaired) electrons. The van der Waals surface area contributed by atoms with Crippen LogP contribution in [0.25, 0.3) is 10.2 Å². The summed E-state index contributed by atoms with van der Waals surface area (Å²) >= 11 is 2.92. The Balaban J connectivity index is 1.38. The van der Waals surface area contributed by atoms with Crippen molar-refractivity contribution in [3.05, 3.63) is 46.9 Å². The zero-order chi connectivity index (χ0) is 24.7. The second-order valence-corrected chi connectivity index (χ2v) is 9.54. The zero-order valence-corrected chi connectivity index (χ0v) is 19.7. The lowest BCUT2D eigenvalue weighted by atomic mass is 10.0. The number of amides is 2. The molecule has 3 aromatic heterocycles. The zero-order valence-electron chi connectivity index (χ0n) is 18.0. The number of nitrogen functional groups attached to an aromatic ring is 1. The summed E-state index contributed by atoms with van der Waals surface area (Å²) in [6, 6.07) is 4.54. The predicted molar refractivity (Wildman–Crippen MR) is 121 cm³/mol. The first-order valence-corrected chi connectivity index (χ1v) is 12.1. The molecule has 5 heterocycles. The lowest BCUT2D eigenvalue weighted by Gasteiger charge is -2.50. The van der Waals surface area contributed by atoms with Gasteiger partial charge in [-0.25, -0.2) is 0 Å². The normalized spacial score (nSPS) is 20.0. The van der Waals surface area contributed by atoms with Crippen molar-refractivity contribution in [3.63, 3.8) is 0 Å². The van der Waals surface area contributed by atoms with E-state index in [-0.39, 0.29) is 29.8 Å². The molecule has 2 aliphatic rings. The van der Waals surface area contributed by atoms with E-state index in [0.717, 1.165) is 15.1 Å². The van der Waals surface area contributed by atoms with Crippen molar-refractivity contribution in [1.82, 2.24) is 20.4 Å². The van der Waals surface area contributed by atoms with Gasteiger partial charge in [0.05, 0.1) is 16.4 Å². The highest BCUT2D eigenvalue weighted by molar-refractivity contribution is 8.00. The molecular weight excluding hydrogens is 498 g/mol. The molecule has 1 unspecified atom stereocenters. The number of aliphatic carboxylic acids is 1. The van der Waals surface area contributed by atoms with Crippen molar-refractivity contribution >= 4 is 62.8 Å². The van der Waals surface area contributed by atoms with Gasteiger partial charge < -0.3 is 30.3 Å². The summed E-state index contributed by atoms with van der Waals surface area (Å²) < 4.78 is 7.65. The average molecular weight is 516 g/mol. The number of nitrogens with one attached hydrogen (secondary N) is 1. The maximum Gasteiger partial charge on any atom is 0.319 e. The van der Waals surface area contributed by atoms with E-state index < -0.39 is 29.2 Å². The van der Waals surface area contributed by atoms with E-state index in [4.69, 9.17) is 5.73 Å². The smallest absolute Gasteiger partial charge is 0.319 e. The van der Waals surface area contributed by atoms with E-state index in [1.165, 1.54) is 18.9 Å². The fourth-order valence-electron chi connectivity index (χ4n) is 3.94. The van der Waals surface area contributed by atoms with Crippen LogP contribution in [0.3, 0.4) is 0 Å². The molecule has 0 aliphatic carbocycles. The molecule has 35 heavy (non-hydrogen) atoms. The number of rotatable bonds is 7. The summed E-state index contributed by atoms with van der Waals surface area (Å²) in [6.07, 6.45) is 1.86. The van der Waals surface area contributed by atoms with Gasteiger partial charge in [0.2, 0.25) is 17.1 Å². The number of nitrogens with zero attached hydrogens (tertiary/aromatic N) is 5. The van der Waals surface area contributed by atoms with Crippen molar-refractivity contribution in [3.8, 4) is 0 Å². The average Bonchev–Trinajstić information content (AvgIpc) is 3.49. The first-order chi connectivity index (χ1) is 16.9. The molecule has 0 bridgehead atoms. The summed E-state index contributed by atoms with van der Waals surface area (Å²) in [7, 11) is 1.22. The number of aromatic nitrogens is 3. The number of pyridine rings is 1. The van der Waals surface area contributed by atoms with E-state index >= 15 is 0 Å². The minimum absolute atomic E-state index is 0.180. The third-order valence-electron chi connectivity index (χ3n) is 5.44. The number of hydrogen-bond acceptors (Lipinski definition) is 12. The van der Waals surface area contributed by atoms with Gasteiger partial charge in [0, 0.05) is 23.5 Å². The second kappa shape index (κ2) is 8.99. The second-order valence-electron chi connectivity index (χ2n) is 7.49. The Hall–Kier alpha value is -3.98. The number of nitrogens with two attached hydrogens (primary N) is 1. The Morgan fingerprint density at radius 1 is 1.46 bits per heavy atom. The standard InChI is InChI=1S/C20H17N7O6S2/c1-32-24-12(15-23-20(21)33-25-15)16(28)22-13-17(29)27-14(19(30)31)9(8-35-18(13)27)7-26-5-2-3-11-10(26)4-6-34-11/h2-6,13,18H,7-8H2,1H3,(H3-,21,22,23,25,28,30,31)/t13?,18-/m0/s1. The van der Waals surface area contributed by atoms with Gasteiger partial charge in [-0.2, -0.15) is 9.55 Å². The highest BCUT2D eigenvalue weighted by Gasteiger charge is 2.53. The van der Waals surface area contributed by atoms with Crippen LogP contribution < -0.4 is 20.7 Å². The van der Waals surface area contributed by atoms with Crippen LogP contribution in [-0.2, 0) is 25.8 Å². The van der Waals surface area contributed by atoms with Crippen LogP contribution in [0.4, 0.5) is 6.01 Å². The number of carboxylic acids is 1. The lowest BCUT2D eigenvalue weighted by Crippen LogP contribution is -2.71. The monoisotopic (exact) mass is 515 g/mol. The Morgan fingerprint density at radius 2 is 2.29 bits per heavy atom. The molecule has 15 heteroatoms. The predicted octanol–water partition coefficient (Wildman–Crippen LogP) is -1.39. The largest absolute Gasteiger partial charge is 0.543 e. The van der Waals surface area contributed by atoms with Gasteiger partial charge in [0.1, 0.15) is 18.5 Å². The molecule has 0 aromatic carbocycles. The Morgan fingerprint density at radius 3 is 3.00 bits per heavy atom. The molecule has 1 saturated heterocycles. The van der Waals surface area contributed by atoms with Crippen molar-refractivity contribution < 1.29 is 33.4 Å². The first kappa shape index (κ1) is 22.8. The number of carbonyl (C=O) groups is 3. The third kappa shape index (κ3) is 3.97.